The number of amides is 1. The summed E-state index contributed by atoms with van der Waals surface area (Å²) in [4.78, 5) is 28.3. The van der Waals surface area contributed by atoms with Crippen LogP contribution in [0.4, 0.5) is 0 Å². The van der Waals surface area contributed by atoms with Crippen molar-refractivity contribution in [2.24, 2.45) is 7.05 Å². The Labute approximate surface area is 161 Å². The van der Waals surface area contributed by atoms with Gasteiger partial charge in [-0.3, -0.25) is 9.59 Å². The number of nitrogens with zero attached hydrogens (tertiary/aromatic N) is 2. The van der Waals surface area contributed by atoms with Gasteiger partial charge in [-0.05, 0) is 17.7 Å². The second-order valence-electron chi connectivity index (χ2n) is 5.93. The largest absolute Gasteiger partial charge is 0.483 e. The first-order valence-corrected chi connectivity index (χ1v) is 8.67. The van der Waals surface area contributed by atoms with E-state index in [0.29, 0.717) is 17.9 Å². The summed E-state index contributed by atoms with van der Waals surface area (Å²) in [5.41, 5.74) is 1.80. The summed E-state index contributed by atoms with van der Waals surface area (Å²) < 4.78 is 7.38. The number of rotatable bonds is 6. The third kappa shape index (κ3) is 4.95. The van der Waals surface area contributed by atoms with Crippen LogP contribution in [-0.2, 0) is 20.2 Å². The van der Waals surface area contributed by atoms with Crippen LogP contribution in [0.2, 0.25) is 5.15 Å². The van der Waals surface area contributed by atoms with Crippen molar-refractivity contribution in [3.05, 3.63) is 93.1 Å². The SMILES string of the molecule is Cn1cc(OCc2ccccc2)c(=O)cc1CNC(=O)c1ccnc(Cl)c1. The van der Waals surface area contributed by atoms with Gasteiger partial charge in [0.2, 0.25) is 5.43 Å². The Kier molecular flexibility index (Phi) is 5.88. The van der Waals surface area contributed by atoms with E-state index in [1.54, 1.807) is 23.9 Å². The van der Waals surface area contributed by atoms with Gasteiger partial charge in [-0.15, -0.1) is 0 Å². The standard InChI is InChI=1S/C20H18ClN3O3/c1-24-12-18(27-13-14-5-3-2-4-6-14)17(25)10-16(24)11-23-20(26)15-7-8-22-19(21)9-15/h2-10,12H,11,13H2,1H3,(H,23,26). The van der Waals surface area contributed by atoms with Crippen LogP contribution in [0.25, 0.3) is 0 Å². The highest BCUT2D eigenvalue weighted by molar-refractivity contribution is 6.29. The Morgan fingerprint density at radius 2 is 2.00 bits per heavy atom. The number of pyridine rings is 2. The molecule has 0 aliphatic rings. The minimum absolute atomic E-state index is 0.198. The molecule has 1 aromatic carbocycles. The first-order valence-electron chi connectivity index (χ1n) is 8.29. The highest BCUT2D eigenvalue weighted by Gasteiger charge is 2.10. The fraction of sp³-hybridized carbons (Fsp3) is 0.150. The Morgan fingerprint density at radius 3 is 2.74 bits per heavy atom. The lowest BCUT2D eigenvalue weighted by molar-refractivity contribution is 0.0950. The van der Waals surface area contributed by atoms with E-state index >= 15 is 0 Å². The van der Waals surface area contributed by atoms with Gasteiger partial charge < -0.3 is 14.6 Å². The molecule has 0 atom stereocenters. The molecular weight excluding hydrogens is 366 g/mol. The molecule has 0 unspecified atom stereocenters. The molecule has 1 N–H and O–H groups in total. The molecule has 0 aliphatic heterocycles. The lowest BCUT2D eigenvalue weighted by atomic mass is 10.2. The minimum Gasteiger partial charge on any atom is -0.483 e. The lowest BCUT2D eigenvalue weighted by Crippen LogP contribution is -2.25. The zero-order valence-electron chi connectivity index (χ0n) is 14.7. The third-order valence-corrected chi connectivity index (χ3v) is 4.17. The molecule has 0 aliphatic carbocycles. The van der Waals surface area contributed by atoms with E-state index in [2.05, 4.69) is 10.3 Å². The Hall–Kier alpha value is -3.12. The molecule has 0 fully saturated rings. The first-order chi connectivity index (χ1) is 13.0. The van der Waals surface area contributed by atoms with Crippen LogP contribution in [0.1, 0.15) is 21.6 Å². The van der Waals surface area contributed by atoms with Crippen LogP contribution < -0.4 is 15.5 Å². The van der Waals surface area contributed by atoms with E-state index in [1.165, 1.54) is 18.3 Å². The summed E-state index contributed by atoms with van der Waals surface area (Å²) in [7, 11) is 1.79. The molecule has 3 aromatic rings. The number of aryl methyl sites for hydroxylation is 1. The van der Waals surface area contributed by atoms with Gasteiger partial charge in [-0.1, -0.05) is 41.9 Å². The molecular formula is C20H18ClN3O3. The number of hydrogen-bond acceptors (Lipinski definition) is 4. The highest BCUT2D eigenvalue weighted by Crippen LogP contribution is 2.10. The average Bonchev–Trinajstić information content (AvgIpc) is 2.67. The predicted octanol–water partition coefficient (Wildman–Crippen LogP) is 2.94. The number of halogens is 1. The summed E-state index contributed by atoms with van der Waals surface area (Å²) >= 11 is 5.79. The van der Waals surface area contributed by atoms with E-state index < -0.39 is 0 Å². The average molecular weight is 384 g/mol. The molecule has 0 radical (unpaired) electrons. The summed E-state index contributed by atoms with van der Waals surface area (Å²) in [6.45, 7) is 0.512. The van der Waals surface area contributed by atoms with Crippen LogP contribution in [0, 0.1) is 0 Å². The van der Waals surface area contributed by atoms with Crippen LogP contribution in [0.15, 0.2) is 65.7 Å². The molecule has 3 rings (SSSR count). The van der Waals surface area contributed by atoms with Crippen molar-refractivity contribution in [3.8, 4) is 5.75 Å². The molecule has 2 heterocycles. The number of hydrogen-bond donors (Lipinski definition) is 1. The van der Waals surface area contributed by atoms with Gasteiger partial charge >= 0.3 is 0 Å². The zero-order valence-corrected chi connectivity index (χ0v) is 15.4. The molecule has 0 saturated carbocycles. The molecule has 0 saturated heterocycles. The molecule has 7 heteroatoms. The van der Waals surface area contributed by atoms with Gasteiger partial charge in [0.25, 0.3) is 5.91 Å². The summed E-state index contributed by atoms with van der Waals surface area (Å²) in [5.74, 6) is -0.0338. The van der Waals surface area contributed by atoms with Gasteiger partial charge in [0.1, 0.15) is 11.8 Å². The first kappa shape index (κ1) is 18.7. The quantitative estimate of drug-likeness (QED) is 0.664. The summed E-state index contributed by atoms with van der Waals surface area (Å²) in [6.07, 6.45) is 3.09. The van der Waals surface area contributed by atoms with Gasteiger partial charge in [0.15, 0.2) is 5.75 Å². The maximum atomic E-state index is 12.3. The van der Waals surface area contributed by atoms with Crippen molar-refractivity contribution >= 4 is 17.5 Å². The fourth-order valence-corrected chi connectivity index (χ4v) is 2.66. The summed E-state index contributed by atoms with van der Waals surface area (Å²) in [6, 6.07) is 14.1. The van der Waals surface area contributed by atoms with Gasteiger partial charge in [0, 0.05) is 30.6 Å². The topological polar surface area (TPSA) is 73.2 Å². The Balaban J connectivity index is 1.66. The van der Waals surface area contributed by atoms with Crippen molar-refractivity contribution in [2.45, 2.75) is 13.2 Å². The minimum atomic E-state index is -0.295. The van der Waals surface area contributed by atoms with Crippen molar-refractivity contribution in [1.29, 1.82) is 0 Å². The predicted molar refractivity (Wildman–Crippen MR) is 103 cm³/mol. The molecule has 0 bridgehead atoms. The number of aromatic nitrogens is 2. The normalized spacial score (nSPS) is 10.4. The van der Waals surface area contributed by atoms with Gasteiger partial charge in [0.05, 0.1) is 12.7 Å². The fourth-order valence-electron chi connectivity index (χ4n) is 2.48. The van der Waals surface area contributed by atoms with Crippen molar-refractivity contribution in [2.75, 3.05) is 0 Å². The highest BCUT2D eigenvalue weighted by atomic mass is 35.5. The molecule has 6 nitrogen and oxygen atoms in total. The Bertz CT molecular complexity index is 1000. The summed E-state index contributed by atoms with van der Waals surface area (Å²) in [5, 5.41) is 3.01. The van der Waals surface area contributed by atoms with Crippen LogP contribution in [-0.4, -0.2) is 15.5 Å². The van der Waals surface area contributed by atoms with Gasteiger partial charge in [-0.25, -0.2) is 4.98 Å². The zero-order chi connectivity index (χ0) is 19.2. The number of benzene rings is 1. The third-order valence-electron chi connectivity index (χ3n) is 3.96. The van der Waals surface area contributed by atoms with E-state index in [-0.39, 0.29) is 28.8 Å². The van der Waals surface area contributed by atoms with Gasteiger partial charge in [-0.2, -0.15) is 0 Å². The molecule has 138 valence electrons. The maximum absolute atomic E-state index is 12.3. The van der Waals surface area contributed by atoms with E-state index in [1.807, 2.05) is 30.3 Å². The second-order valence-corrected chi connectivity index (χ2v) is 6.32. The number of nitrogens with one attached hydrogen (secondary N) is 1. The number of carbonyl (C=O) groups is 1. The molecule has 2 aromatic heterocycles. The molecule has 0 spiro atoms. The number of ether oxygens (including phenoxy) is 1. The van der Waals surface area contributed by atoms with E-state index in [9.17, 15) is 9.59 Å². The Morgan fingerprint density at radius 1 is 1.22 bits per heavy atom. The lowest BCUT2D eigenvalue weighted by Gasteiger charge is -2.13. The van der Waals surface area contributed by atoms with Crippen LogP contribution >= 0.6 is 11.6 Å². The smallest absolute Gasteiger partial charge is 0.251 e. The molecule has 27 heavy (non-hydrogen) atoms. The monoisotopic (exact) mass is 383 g/mol. The number of carbonyl (C=O) groups excluding carboxylic acids is 1. The van der Waals surface area contributed by atoms with Crippen molar-refractivity contribution < 1.29 is 9.53 Å². The second kappa shape index (κ2) is 8.51. The van der Waals surface area contributed by atoms with Crippen LogP contribution in [0.3, 0.4) is 0 Å². The van der Waals surface area contributed by atoms with E-state index in [0.717, 1.165) is 5.56 Å². The van der Waals surface area contributed by atoms with Crippen LogP contribution in [0.5, 0.6) is 5.75 Å². The van der Waals surface area contributed by atoms with E-state index in [4.69, 9.17) is 16.3 Å². The van der Waals surface area contributed by atoms with Crippen molar-refractivity contribution in [1.82, 2.24) is 14.9 Å². The van der Waals surface area contributed by atoms with Crippen molar-refractivity contribution in [3.63, 3.8) is 0 Å². The maximum Gasteiger partial charge on any atom is 0.251 e. The molecule has 1 amide bonds.